The largest absolute Gasteiger partial charge is 0.444 e. The minimum Gasteiger partial charge on any atom is -0.444 e. The van der Waals surface area contributed by atoms with Crippen LogP contribution in [0.1, 0.15) is 73.1 Å². The molecule has 0 spiro atoms. The van der Waals surface area contributed by atoms with Crippen LogP contribution < -0.4 is 0 Å². The Morgan fingerprint density at radius 1 is 1.30 bits per heavy atom. The molecule has 0 radical (unpaired) electrons. The first-order valence-corrected chi connectivity index (χ1v) is 8.97. The summed E-state index contributed by atoms with van der Waals surface area (Å²) in [6.07, 6.45) is 8.83. The molecule has 4 heteroatoms. The zero-order valence-corrected chi connectivity index (χ0v) is 15.4. The molecule has 2 fully saturated rings. The molecule has 0 aromatic heterocycles. The van der Waals surface area contributed by atoms with Crippen molar-refractivity contribution in [2.45, 2.75) is 96.6 Å². The predicted molar refractivity (Wildman–Crippen MR) is 92.2 cm³/mol. The average Bonchev–Trinajstić information content (AvgIpc) is 2.68. The molecule has 1 aliphatic heterocycles. The maximum absolute atomic E-state index is 12.8. The molecule has 0 aromatic rings. The molecule has 1 saturated heterocycles. The Hall–Kier alpha value is -1.03. The Balaban J connectivity index is 2.18. The average molecular weight is 323 g/mol. The topological polar surface area (TPSA) is 38.8 Å². The summed E-state index contributed by atoms with van der Waals surface area (Å²) in [5, 5.41) is 0. The molecular weight excluding hydrogens is 290 g/mol. The summed E-state index contributed by atoms with van der Waals surface area (Å²) in [5.41, 5.74) is -1.17. The van der Waals surface area contributed by atoms with E-state index in [1.807, 2.05) is 40.7 Å². The molecule has 4 nitrogen and oxygen atoms in total. The number of rotatable bonds is 3. The van der Waals surface area contributed by atoms with Crippen LogP contribution in [0.3, 0.4) is 0 Å². The molecule has 0 N–H and O–H groups in total. The van der Waals surface area contributed by atoms with Gasteiger partial charge in [0.25, 0.3) is 0 Å². The first-order chi connectivity index (χ1) is 10.6. The van der Waals surface area contributed by atoms with Gasteiger partial charge in [-0.25, -0.2) is 4.79 Å². The molecule has 2 aliphatic rings. The zero-order valence-electron chi connectivity index (χ0n) is 15.4. The van der Waals surface area contributed by atoms with E-state index in [1.165, 1.54) is 32.1 Å². The van der Waals surface area contributed by atoms with Crippen LogP contribution in [-0.2, 0) is 9.47 Å². The third-order valence-corrected chi connectivity index (χ3v) is 4.84. The molecule has 1 amide bonds. The second kappa shape index (κ2) is 6.84. The van der Waals surface area contributed by atoms with Gasteiger partial charge >= 0.3 is 6.09 Å². The molecule has 0 bridgehead atoms. The minimum absolute atomic E-state index is 0.0143. The van der Waals surface area contributed by atoms with E-state index in [-0.39, 0.29) is 18.2 Å². The van der Waals surface area contributed by atoms with Crippen LogP contribution in [-0.4, -0.2) is 34.5 Å². The molecule has 23 heavy (non-hydrogen) atoms. The number of carbonyl (C=O) groups excluding carboxylic acids is 1. The van der Waals surface area contributed by atoms with Gasteiger partial charge in [0.15, 0.2) is 0 Å². The number of amides is 1. The molecule has 1 heterocycles. The fraction of sp³-hybridized carbons (Fsp3) is 0.842. The summed E-state index contributed by atoms with van der Waals surface area (Å²) in [4.78, 5) is 14.6. The van der Waals surface area contributed by atoms with Crippen LogP contribution in [0.4, 0.5) is 4.79 Å². The van der Waals surface area contributed by atoms with Gasteiger partial charge in [0.1, 0.15) is 11.3 Å². The number of ether oxygens (including phenoxy) is 2. The van der Waals surface area contributed by atoms with E-state index in [9.17, 15) is 4.79 Å². The highest BCUT2D eigenvalue weighted by molar-refractivity contribution is 5.70. The summed E-state index contributed by atoms with van der Waals surface area (Å²) in [6.45, 7) is 13.5. The van der Waals surface area contributed by atoms with Gasteiger partial charge in [0, 0.05) is 0 Å². The monoisotopic (exact) mass is 323 g/mol. The van der Waals surface area contributed by atoms with Crippen LogP contribution in [0.25, 0.3) is 0 Å². The van der Waals surface area contributed by atoms with Crippen molar-refractivity contribution < 1.29 is 14.3 Å². The highest BCUT2D eigenvalue weighted by Crippen LogP contribution is 2.39. The SMILES string of the molecule is C=CC1OC(C)(C)N(C(=O)OC(C)(C)C)[C@H]1CC1CCCCC1. The van der Waals surface area contributed by atoms with Crippen LogP contribution in [0.5, 0.6) is 0 Å². The third kappa shape index (κ3) is 4.50. The molecular formula is C19H33NO3. The van der Waals surface area contributed by atoms with Crippen molar-refractivity contribution in [3.05, 3.63) is 12.7 Å². The molecule has 1 unspecified atom stereocenters. The van der Waals surface area contributed by atoms with Crippen molar-refractivity contribution in [1.82, 2.24) is 4.90 Å². The normalized spacial score (nSPS) is 28.7. The first-order valence-electron chi connectivity index (χ1n) is 8.97. The van der Waals surface area contributed by atoms with Crippen molar-refractivity contribution in [3.8, 4) is 0 Å². The Morgan fingerprint density at radius 3 is 2.43 bits per heavy atom. The Morgan fingerprint density at radius 2 is 1.91 bits per heavy atom. The van der Waals surface area contributed by atoms with Gasteiger partial charge in [-0.15, -0.1) is 6.58 Å². The maximum Gasteiger partial charge on any atom is 0.412 e. The summed E-state index contributed by atoms with van der Waals surface area (Å²) in [7, 11) is 0. The lowest BCUT2D eigenvalue weighted by atomic mass is 9.83. The molecule has 1 aliphatic carbocycles. The first kappa shape index (κ1) is 18.3. The van der Waals surface area contributed by atoms with Gasteiger partial charge in [-0.2, -0.15) is 0 Å². The lowest BCUT2D eigenvalue weighted by molar-refractivity contribution is -0.0719. The number of nitrogens with zero attached hydrogens (tertiary/aromatic N) is 1. The van der Waals surface area contributed by atoms with Crippen LogP contribution in [0, 0.1) is 5.92 Å². The van der Waals surface area contributed by atoms with Gasteiger partial charge in [0.2, 0.25) is 0 Å². The highest BCUT2D eigenvalue weighted by atomic mass is 16.6. The van der Waals surface area contributed by atoms with Crippen LogP contribution in [0.2, 0.25) is 0 Å². The van der Waals surface area contributed by atoms with Gasteiger partial charge in [-0.1, -0.05) is 38.2 Å². The van der Waals surface area contributed by atoms with E-state index in [0.717, 1.165) is 6.42 Å². The minimum atomic E-state index is -0.666. The second-order valence-corrected chi connectivity index (χ2v) is 8.42. The molecule has 132 valence electrons. The maximum atomic E-state index is 12.8. The summed E-state index contributed by atoms with van der Waals surface area (Å²) in [5.74, 6) is 0.665. The number of carbonyl (C=O) groups is 1. The van der Waals surface area contributed by atoms with Crippen molar-refractivity contribution in [2.24, 2.45) is 5.92 Å². The van der Waals surface area contributed by atoms with E-state index in [2.05, 4.69) is 6.58 Å². The van der Waals surface area contributed by atoms with E-state index in [4.69, 9.17) is 9.47 Å². The highest BCUT2D eigenvalue weighted by Gasteiger charge is 2.50. The van der Waals surface area contributed by atoms with Gasteiger partial charge in [0.05, 0.1) is 12.1 Å². The van der Waals surface area contributed by atoms with Crippen molar-refractivity contribution >= 4 is 6.09 Å². The van der Waals surface area contributed by atoms with Crippen molar-refractivity contribution in [2.75, 3.05) is 0 Å². The number of hydrogen-bond acceptors (Lipinski definition) is 3. The van der Waals surface area contributed by atoms with Crippen molar-refractivity contribution in [3.63, 3.8) is 0 Å². The summed E-state index contributed by atoms with van der Waals surface area (Å²) < 4.78 is 11.7. The van der Waals surface area contributed by atoms with Crippen LogP contribution >= 0.6 is 0 Å². The van der Waals surface area contributed by atoms with E-state index in [1.54, 1.807) is 4.90 Å². The quantitative estimate of drug-likeness (QED) is 0.695. The predicted octanol–water partition coefficient (Wildman–Crippen LogP) is 4.88. The standard InChI is InChI=1S/C19H33NO3/c1-7-16-15(13-14-11-9-8-10-12-14)20(19(5,6)22-16)17(21)23-18(2,3)4/h7,14-16H,1,8-13H2,2-6H3/t15-,16?/m0/s1. The molecule has 2 atom stereocenters. The lowest BCUT2D eigenvalue weighted by Gasteiger charge is -2.36. The van der Waals surface area contributed by atoms with Gasteiger partial charge < -0.3 is 9.47 Å². The van der Waals surface area contributed by atoms with Gasteiger partial charge in [-0.05, 0) is 47.0 Å². The smallest absolute Gasteiger partial charge is 0.412 e. The van der Waals surface area contributed by atoms with Gasteiger partial charge in [-0.3, -0.25) is 4.90 Å². The zero-order chi connectivity index (χ0) is 17.3. The van der Waals surface area contributed by atoms with Crippen molar-refractivity contribution in [1.29, 1.82) is 0 Å². The summed E-state index contributed by atoms with van der Waals surface area (Å²) in [6, 6.07) is 0.0143. The fourth-order valence-electron chi connectivity index (χ4n) is 3.89. The van der Waals surface area contributed by atoms with E-state index < -0.39 is 11.3 Å². The van der Waals surface area contributed by atoms with E-state index >= 15 is 0 Å². The lowest BCUT2D eigenvalue weighted by Crippen LogP contribution is -2.50. The Labute approximate surface area is 141 Å². The third-order valence-electron chi connectivity index (χ3n) is 4.84. The second-order valence-electron chi connectivity index (χ2n) is 8.42. The fourth-order valence-corrected chi connectivity index (χ4v) is 3.89. The molecule has 2 rings (SSSR count). The Kier molecular flexibility index (Phi) is 5.44. The molecule has 0 aromatic carbocycles. The Bertz CT molecular complexity index is 432. The van der Waals surface area contributed by atoms with Crippen LogP contribution in [0.15, 0.2) is 12.7 Å². The molecule has 1 saturated carbocycles. The number of hydrogen-bond donors (Lipinski definition) is 0. The van der Waals surface area contributed by atoms with E-state index in [0.29, 0.717) is 5.92 Å². The summed E-state index contributed by atoms with van der Waals surface area (Å²) >= 11 is 0.